The first-order chi connectivity index (χ1) is 12.1. The van der Waals surface area contributed by atoms with Gasteiger partial charge < -0.3 is 19.9 Å². The summed E-state index contributed by atoms with van der Waals surface area (Å²) in [6.45, 7) is 4.41. The van der Waals surface area contributed by atoms with Crippen molar-refractivity contribution >= 4 is 11.3 Å². The molecule has 6 heteroatoms. The van der Waals surface area contributed by atoms with E-state index in [2.05, 4.69) is 10.3 Å². The average Bonchev–Trinajstić information content (AvgIpc) is 2.85. The van der Waals surface area contributed by atoms with E-state index < -0.39 is 5.60 Å². The summed E-state index contributed by atoms with van der Waals surface area (Å²) in [7, 11) is 1.65. The molecule has 25 heavy (non-hydrogen) atoms. The smallest absolute Gasteiger partial charge is 0.125 e. The Bertz CT molecular complexity index is 676. The number of benzene rings is 1. The van der Waals surface area contributed by atoms with Gasteiger partial charge in [0, 0.05) is 11.3 Å². The Labute approximate surface area is 153 Å². The predicted octanol–water partition coefficient (Wildman–Crippen LogP) is 3.04. The predicted molar refractivity (Wildman–Crippen MR) is 99.7 cm³/mol. The molecule has 3 rings (SSSR count). The van der Waals surface area contributed by atoms with E-state index in [-0.39, 0.29) is 0 Å². The van der Waals surface area contributed by atoms with Gasteiger partial charge in [0.2, 0.25) is 0 Å². The molecule has 1 saturated heterocycles. The van der Waals surface area contributed by atoms with E-state index in [9.17, 15) is 5.11 Å². The number of nitrogens with zero attached hydrogens (tertiary/aromatic N) is 1. The molecule has 5 nitrogen and oxygen atoms in total. The molecule has 2 heterocycles. The number of thiazole rings is 1. The van der Waals surface area contributed by atoms with Crippen LogP contribution in [0.4, 0.5) is 0 Å². The zero-order chi connectivity index (χ0) is 17.7. The molecule has 2 N–H and O–H groups in total. The Kier molecular flexibility index (Phi) is 5.93. The molecule has 0 bridgehead atoms. The van der Waals surface area contributed by atoms with Crippen LogP contribution in [0.1, 0.15) is 34.8 Å². The number of aliphatic hydroxyl groups is 1. The highest BCUT2D eigenvalue weighted by molar-refractivity contribution is 7.11. The van der Waals surface area contributed by atoms with Gasteiger partial charge in [0.05, 0.1) is 19.4 Å². The summed E-state index contributed by atoms with van der Waals surface area (Å²) in [6.07, 6.45) is 3.27. The second-order valence-corrected chi connectivity index (χ2v) is 7.52. The molecular weight excluding hydrogens is 336 g/mol. The van der Waals surface area contributed by atoms with Gasteiger partial charge in [0.15, 0.2) is 0 Å². The Morgan fingerprint density at radius 1 is 1.20 bits per heavy atom. The Morgan fingerprint density at radius 3 is 2.72 bits per heavy atom. The zero-order valence-electron chi connectivity index (χ0n) is 14.9. The van der Waals surface area contributed by atoms with E-state index in [0.29, 0.717) is 6.61 Å². The number of hydrogen-bond donors (Lipinski definition) is 2. The molecule has 0 radical (unpaired) electrons. The lowest BCUT2D eigenvalue weighted by Gasteiger charge is -2.23. The standard InChI is InChI=1S/C19H26N2O3S/c1-14-17(8-13-24-16-6-4-15(23-2)5-7-16)25-18(21-14)19(22)9-3-11-20-12-10-19/h4-7,20,22H,3,8-13H2,1-2H3/t19-/m0/s1. The Hall–Kier alpha value is -1.63. The van der Waals surface area contributed by atoms with Gasteiger partial charge in [-0.3, -0.25) is 0 Å². The largest absolute Gasteiger partial charge is 0.497 e. The lowest BCUT2D eigenvalue weighted by Crippen LogP contribution is -2.27. The maximum Gasteiger partial charge on any atom is 0.125 e. The summed E-state index contributed by atoms with van der Waals surface area (Å²) in [5.74, 6) is 1.65. The topological polar surface area (TPSA) is 63.6 Å². The van der Waals surface area contributed by atoms with Crippen LogP contribution < -0.4 is 14.8 Å². The highest BCUT2D eigenvalue weighted by Gasteiger charge is 2.33. The number of hydrogen-bond acceptors (Lipinski definition) is 6. The van der Waals surface area contributed by atoms with Crippen LogP contribution in [0.3, 0.4) is 0 Å². The van der Waals surface area contributed by atoms with Crippen LogP contribution in [0.2, 0.25) is 0 Å². The first kappa shape index (κ1) is 18.2. The summed E-state index contributed by atoms with van der Waals surface area (Å²) in [4.78, 5) is 5.85. The maximum atomic E-state index is 11.0. The van der Waals surface area contributed by atoms with E-state index in [1.165, 1.54) is 4.88 Å². The number of methoxy groups -OCH3 is 1. The van der Waals surface area contributed by atoms with Crippen molar-refractivity contribution in [2.45, 2.75) is 38.2 Å². The molecule has 1 aromatic carbocycles. The fraction of sp³-hybridized carbons (Fsp3) is 0.526. The van der Waals surface area contributed by atoms with Crippen molar-refractivity contribution in [3.63, 3.8) is 0 Å². The number of ether oxygens (including phenoxy) is 2. The number of aryl methyl sites for hydroxylation is 1. The lowest BCUT2D eigenvalue weighted by atomic mass is 9.96. The van der Waals surface area contributed by atoms with Crippen molar-refractivity contribution in [3.8, 4) is 11.5 Å². The minimum absolute atomic E-state index is 0.592. The maximum absolute atomic E-state index is 11.0. The molecule has 1 aliphatic rings. The molecule has 0 unspecified atom stereocenters. The van der Waals surface area contributed by atoms with Gasteiger partial charge in [-0.05, 0) is 63.5 Å². The minimum Gasteiger partial charge on any atom is -0.497 e. The highest BCUT2D eigenvalue weighted by atomic mass is 32.1. The van der Waals surface area contributed by atoms with Gasteiger partial charge in [-0.15, -0.1) is 11.3 Å². The van der Waals surface area contributed by atoms with Crippen molar-refractivity contribution in [1.29, 1.82) is 0 Å². The molecule has 1 atom stereocenters. The van der Waals surface area contributed by atoms with Gasteiger partial charge >= 0.3 is 0 Å². The van der Waals surface area contributed by atoms with E-state index in [4.69, 9.17) is 9.47 Å². The normalized spacial score (nSPS) is 20.9. The second kappa shape index (κ2) is 8.17. The summed E-state index contributed by atoms with van der Waals surface area (Å²) in [6, 6.07) is 7.60. The van der Waals surface area contributed by atoms with E-state index in [1.54, 1.807) is 18.4 Å². The lowest BCUT2D eigenvalue weighted by molar-refractivity contribution is 0.0237. The Morgan fingerprint density at radius 2 is 1.96 bits per heavy atom. The average molecular weight is 362 g/mol. The minimum atomic E-state index is -0.784. The van der Waals surface area contributed by atoms with Gasteiger partial charge in [-0.25, -0.2) is 4.98 Å². The van der Waals surface area contributed by atoms with Crippen molar-refractivity contribution < 1.29 is 14.6 Å². The van der Waals surface area contributed by atoms with Gasteiger partial charge in [-0.1, -0.05) is 0 Å². The molecular formula is C19H26N2O3S. The van der Waals surface area contributed by atoms with E-state index >= 15 is 0 Å². The van der Waals surface area contributed by atoms with Gasteiger partial charge in [-0.2, -0.15) is 0 Å². The van der Waals surface area contributed by atoms with Gasteiger partial charge in [0.1, 0.15) is 22.1 Å². The van der Waals surface area contributed by atoms with Crippen LogP contribution in [0.5, 0.6) is 11.5 Å². The van der Waals surface area contributed by atoms with Crippen LogP contribution in [0.15, 0.2) is 24.3 Å². The number of rotatable bonds is 6. The molecule has 1 aromatic heterocycles. The van der Waals surface area contributed by atoms with Gasteiger partial charge in [0.25, 0.3) is 0 Å². The van der Waals surface area contributed by atoms with Crippen molar-refractivity contribution in [1.82, 2.24) is 10.3 Å². The van der Waals surface area contributed by atoms with Crippen molar-refractivity contribution in [3.05, 3.63) is 39.8 Å². The third kappa shape index (κ3) is 4.51. The van der Waals surface area contributed by atoms with Crippen LogP contribution in [0, 0.1) is 6.92 Å². The second-order valence-electron chi connectivity index (χ2n) is 6.44. The molecule has 0 saturated carbocycles. The third-order valence-corrected chi connectivity index (χ3v) is 6.02. The van der Waals surface area contributed by atoms with Crippen LogP contribution in [-0.2, 0) is 12.0 Å². The van der Waals surface area contributed by atoms with E-state index in [1.807, 2.05) is 31.2 Å². The number of aromatic nitrogens is 1. The summed E-state index contributed by atoms with van der Waals surface area (Å²) in [5.41, 5.74) is 0.220. The first-order valence-corrected chi connectivity index (χ1v) is 9.59. The summed E-state index contributed by atoms with van der Waals surface area (Å²) in [5, 5.41) is 15.2. The van der Waals surface area contributed by atoms with Crippen molar-refractivity contribution in [2.75, 3.05) is 26.8 Å². The molecule has 0 amide bonds. The van der Waals surface area contributed by atoms with Crippen LogP contribution in [0.25, 0.3) is 0 Å². The quantitative estimate of drug-likeness (QED) is 0.827. The SMILES string of the molecule is COc1ccc(OCCc2sc([C@]3(O)CCCNCC3)nc2C)cc1. The monoisotopic (exact) mass is 362 g/mol. The molecule has 0 spiro atoms. The third-order valence-electron chi connectivity index (χ3n) is 4.61. The highest BCUT2D eigenvalue weighted by Crippen LogP contribution is 2.35. The molecule has 2 aromatic rings. The molecule has 0 aliphatic carbocycles. The van der Waals surface area contributed by atoms with Crippen molar-refractivity contribution in [2.24, 2.45) is 0 Å². The fourth-order valence-corrected chi connectivity index (χ4v) is 4.25. The first-order valence-electron chi connectivity index (χ1n) is 8.77. The molecule has 1 fully saturated rings. The fourth-order valence-electron chi connectivity index (χ4n) is 3.06. The zero-order valence-corrected chi connectivity index (χ0v) is 15.7. The molecule has 136 valence electrons. The van der Waals surface area contributed by atoms with E-state index in [0.717, 1.165) is 61.0 Å². The van der Waals surface area contributed by atoms with Crippen LogP contribution in [-0.4, -0.2) is 36.9 Å². The summed E-state index contributed by atoms with van der Waals surface area (Å²) >= 11 is 1.63. The Balaban J connectivity index is 1.60. The van der Waals surface area contributed by atoms with Crippen LogP contribution >= 0.6 is 11.3 Å². The number of nitrogens with one attached hydrogen (secondary N) is 1. The molecule has 1 aliphatic heterocycles. The summed E-state index contributed by atoms with van der Waals surface area (Å²) < 4.78 is 11.0.